The average molecular weight is 488 g/mol. The minimum absolute atomic E-state index is 0.231. The number of carbonyl (C=O) groups excluding carboxylic acids is 1. The van der Waals surface area contributed by atoms with E-state index >= 15 is 0 Å². The van der Waals surface area contributed by atoms with Crippen LogP contribution in [0.5, 0.6) is 5.75 Å². The third-order valence-corrected chi connectivity index (χ3v) is 6.82. The molecular weight excluding hydrogens is 442 g/mol. The number of benzene rings is 1. The van der Waals surface area contributed by atoms with Gasteiger partial charge in [-0.15, -0.1) is 0 Å². The first-order valence-electron chi connectivity index (χ1n) is 12.4. The Balaban J connectivity index is 3.20. The summed E-state index contributed by atoms with van der Waals surface area (Å²) >= 11 is 0. The molecule has 1 atom stereocenters. The highest BCUT2D eigenvalue weighted by atomic mass is 16.5. The normalized spacial score (nSPS) is 13.9. The van der Waals surface area contributed by atoms with Crippen LogP contribution in [-0.2, 0) is 14.9 Å². The highest BCUT2D eigenvalue weighted by Crippen LogP contribution is 2.40. The third-order valence-electron chi connectivity index (χ3n) is 6.82. The van der Waals surface area contributed by atoms with E-state index in [-0.39, 0.29) is 24.0 Å². The van der Waals surface area contributed by atoms with Crippen LogP contribution in [0.1, 0.15) is 78.9 Å². The van der Waals surface area contributed by atoms with Crippen LogP contribution in [0.3, 0.4) is 0 Å². The maximum absolute atomic E-state index is 11.3. The molecule has 1 aromatic rings. The number of rotatable bonds is 13. The monoisotopic (exact) mass is 487 g/mol. The average Bonchev–Trinajstić information content (AvgIpc) is 2.83. The predicted octanol–water partition coefficient (Wildman–Crippen LogP) is 6.16. The minimum Gasteiger partial charge on any atom is -0.491 e. The van der Waals surface area contributed by atoms with E-state index in [2.05, 4.69) is 33.4 Å². The number of carbonyl (C=O) groups is 1. The van der Waals surface area contributed by atoms with Gasteiger partial charge in [-0.3, -0.25) is 10.0 Å². The maximum Gasteiger partial charge on any atom is 0.281 e. The second-order valence-electron chi connectivity index (χ2n) is 10.1. The van der Waals surface area contributed by atoms with Gasteiger partial charge in [-0.25, -0.2) is 5.48 Å². The first kappa shape index (κ1) is 30.5. The molecule has 0 aromatic heterocycles. The van der Waals surface area contributed by atoms with E-state index in [0.717, 1.165) is 47.3 Å². The van der Waals surface area contributed by atoms with Gasteiger partial charge in [-0.1, -0.05) is 66.3 Å². The smallest absolute Gasteiger partial charge is 0.281 e. The lowest BCUT2D eigenvalue weighted by Gasteiger charge is -2.34. The van der Waals surface area contributed by atoms with Gasteiger partial charge >= 0.3 is 0 Å². The first-order valence-corrected chi connectivity index (χ1v) is 12.4. The summed E-state index contributed by atoms with van der Waals surface area (Å²) in [6.07, 6.45) is 5.98. The van der Waals surface area contributed by atoms with E-state index in [1.807, 2.05) is 58.9 Å². The van der Waals surface area contributed by atoms with Crippen LogP contribution in [0, 0.1) is 12.3 Å². The third kappa shape index (κ3) is 8.25. The minimum atomic E-state index is -0.605. The van der Waals surface area contributed by atoms with Crippen LogP contribution in [0.2, 0.25) is 0 Å². The summed E-state index contributed by atoms with van der Waals surface area (Å²) in [7, 11) is 0. The van der Waals surface area contributed by atoms with Gasteiger partial charge < -0.3 is 14.6 Å². The van der Waals surface area contributed by atoms with Crippen molar-refractivity contribution in [2.24, 2.45) is 5.41 Å². The van der Waals surface area contributed by atoms with E-state index in [4.69, 9.17) is 14.7 Å². The summed E-state index contributed by atoms with van der Waals surface area (Å²) in [6.45, 7) is 20.7. The molecule has 0 radical (unpaired) electrons. The van der Waals surface area contributed by atoms with Crippen molar-refractivity contribution in [2.75, 3.05) is 13.2 Å². The summed E-state index contributed by atoms with van der Waals surface area (Å²) in [6, 6.07) is 5.94. The highest BCUT2D eigenvalue weighted by Gasteiger charge is 2.31. The molecule has 1 rings (SSSR count). The van der Waals surface area contributed by atoms with Crippen LogP contribution in [-0.4, -0.2) is 35.5 Å². The van der Waals surface area contributed by atoms with Crippen molar-refractivity contribution in [3.8, 4) is 5.75 Å². The predicted molar refractivity (Wildman–Crippen MR) is 142 cm³/mol. The molecule has 0 aliphatic heterocycles. The van der Waals surface area contributed by atoms with Crippen molar-refractivity contribution in [2.45, 2.75) is 86.2 Å². The largest absolute Gasteiger partial charge is 0.491 e. The van der Waals surface area contributed by atoms with E-state index in [1.54, 1.807) is 5.48 Å². The van der Waals surface area contributed by atoms with Crippen LogP contribution in [0.25, 0.3) is 0 Å². The lowest BCUT2D eigenvalue weighted by Crippen LogP contribution is -2.30. The van der Waals surface area contributed by atoms with Gasteiger partial charge in [0.15, 0.2) is 6.61 Å². The zero-order valence-electron chi connectivity index (χ0n) is 22.8. The van der Waals surface area contributed by atoms with Gasteiger partial charge in [-0.05, 0) is 72.9 Å². The molecule has 0 saturated carbocycles. The Morgan fingerprint density at radius 3 is 2.29 bits per heavy atom. The number of allylic oxidation sites excluding steroid dienone is 4. The lowest BCUT2D eigenvalue weighted by atomic mass is 9.70. The molecule has 35 heavy (non-hydrogen) atoms. The summed E-state index contributed by atoms with van der Waals surface area (Å²) in [5.41, 5.74) is 5.13. The van der Waals surface area contributed by atoms with Crippen molar-refractivity contribution >= 4 is 5.91 Å². The Hall–Kier alpha value is -2.57. The zero-order chi connectivity index (χ0) is 26.8. The fourth-order valence-corrected chi connectivity index (χ4v) is 3.82. The quantitative estimate of drug-likeness (QED) is 0.134. The molecule has 1 amide bonds. The topological polar surface area (TPSA) is 88.0 Å². The number of aliphatic hydroxyl groups excluding tert-OH is 1. The zero-order valence-corrected chi connectivity index (χ0v) is 22.8. The second-order valence-corrected chi connectivity index (χ2v) is 10.1. The number of hydrogen-bond acceptors (Lipinski definition) is 5. The van der Waals surface area contributed by atoms with Gasteiger partial charge in [-0.2, -0.15) is 0 Å². The molecule has 1 aromatic carbocycles. The summed E-state index contributed by atoms with van der Waals surface area (Å²) < 4.78 is 11.6. The van der Waals surface area contributed by atoms with E-state index in [0.29, 0.717) is 5.75 Å². The number of amides is 1. The van der Waals surface area contributed by atoms with Crippen molar-refractivity contribution in [1.29, 1.82) is 0 Å². The molecule has 0 unspecified atom stereocenters. The summed E-state index contributed by atoms with van der Waals surface area (Å²) in [4.78, 5) is 11.3. The van der Waals surface area contributed by atoms with Crippen molar-refractivity contribution in [3.63, 3.8) is 0 Å². The Bertz CT molecular complexity index is 919. The lowest BCUT2D eigenvalue weighted by molar-refractivity contribution is -0.131. The molecular formula is C29H45NO5. The molecule has 0 saturated heterocycles. The van der Waals surface area contributed by atoms with Gasteiger partial charge in [0.05, 0.1) is 6.10 Å². The number of hydrogen-bond donors (Lipinski definition) is 3. The van der Waals surface area contributed by atoms with Crippen LogP contribution in [0.15, 0.2) is 53.8 Å². The van der Waals surface area contributed by atoms with E-state index in [9.17, 15) is 9.90 Å². The van der Waals surface area contributed by atoms with Gasteiger partial charge in [0.1, 0.15) is 18.1 Å². The Morgan fingerprint density at radius 1 is 1.17 bits per heavy atom. The Labute approximate surface area is 211 Å². The van der Waals surface area contributed by atoms with Gasteiger partial charge in [0.2, 0.25) is 0 Å². The number of aliphatic hydroxyl groups is 1. The summed E-state index contributed by atoms with van der Waals surface area (Å²) in [5.74, 6) is 0.751. The fourth-order valence-electron chi connectivity index (χ4n) is 3.82. The van der Waals surface area contributed by atoms with Crippen molar-refractivity contribution in [3.05, 3.63) is 65.0 Å². The fraction of sp³-hybridized carbons (Fsp3) is 0.552. The molecule has 6 nitrogen and oxygen atoms in total. The SMILES string of the molecule is C=C(/C=C\C(OC[C@H](O)C(C)(C)C)=C(\C)CC)C(CC)(CC)c1ccc(OCC(=O)NO)c(C)c1. The number of nitrogens with one attached hydrogen (secondary N) is 1. The second kappa shape index (κ2) is 13.5. The highest BCUT2D eigenvalue weighted by molar-refractivity contribution is 5.76. The molecule has 0 fully saturated rings. The van der Waals surface area contributed by atoms with E-state index in [1.165, 1.54) is 0 Å². The molecule has 0 bridgehead atoms. The van der Waals surface area contributed by atoms with Gasteiger partial charge in [0.25, 0.3) is 5.91 Å². The maximum atomic E-state index is 11.3. The number of ether oxygens (including phenoxy) is 2. The molecule has 6 heteroatoms. The molecule has 0 heterocycles. The molecule has 0 aliphatic rings. The molecule has 0 aliphatic carbocycles. The van der Waals surface area contributed by atoms with Crippen LogP contribution < -0.4 is 10.2 Å². The van der Waals surface area contributed by atoms with Crippen LogP contribution in [0.4, 0.5) is 0 Å². The molecule has 0 spiro atoms. The van der Waals surface area contributed by atoms with E-state index < -0.39 is 12.0 Å². The molecule has 3 N–H and O–H groups in total. The number of aryl methyl sites for hydroxylation is 1. The number of hydroxylamine groups is 1. The molecule has 196 valence electrons. The Kier molecular flexibility index (Phi) is 11.7. The first-order chi connectivity index (χ1) is 16.4. The summed E-state index contributed by atoms with van der Waals surface area (Å²) in [5, 5.41) is 19.1. The van der Waals surface area contributed by atoms with Gasteiger partial charge in [0, 0.05) is 5.41 Å². The van der Waals surface area contributed by atoms with Crippen molar-refractivity contribution < 1.29 is 24.6 Å². The van der Waals surface area contributed by atoms with Crippen molar-refractivity contribution in [1.82, 2.24) is 5.48 Å². The standard InChI is InChI=1S/C29H45NO5/c1-10-20(4)24(34-18-26(31)28(7,8)9)15-13-22(6)29(11-2,12-3)23-14-16-25(21(5)17-23)35-19-27(32)30-33/h13-17,26,31,33H,6,10-12,18-19H2,1-5,7-9H3,(H,30,32)/b15-13-,24-20+/t26-/m0/s1. The van der Waals surface area contributed by atoms with Crippen LogP contribution >= 0.6 is 0 Å². The Morgan fingerprint density at radius 2 is 1.80 bits per heavy atom.